The average molecular weight is 794 g/mol. The zero-order chi connectivity index (χ0) is 40.6. The van der Waals surface area contributed by atoms with Gasteiger partial charge in [0.2, 0.25) is 0 Å². The van der Waals surface area contributed by atoms with Gasteiger partial charge in [0, 0.05) is 6.42 Å². The molecule has 0 aromatic rings. The highest BCUT2D eigenvalue weighted by atomic mass is 31.2. The number of likely N-dealkylation sites (N-methyl/N-ethyl adjacent to an activating group) is 1. The molecule has 0 aromatic carbocycles. The van der Waals surface area contributed by atoms with Crippen molar-refractivity contribution in [3.05, 3.63) is 60.9 Å². The van der Waals surface area contributed by atoms with Gasteiger partial charge >= 0.3 is 5.97 Å². The lowest BCUT2D eigenvalue weighted by atomic mass is 10.1. The highest BCUT2D eigenvalue weighted by Gasteiger charge is 2.20. The summed E-state index contributed by atoms with van der Waals surface area (Å²) >= 11 is 0. The number of hydrogen-bond donors (Lipinski definition) is 0. The number of quaternary nitrogens is 1. The Morgan fingerprint density at radius 2 is 1.02 bits per heavy atom. The van der Waals surface area contributed by atoms with Crippen LogP contribution < -0.4 is 4.89 Å². The van der Waals surface area contributed by atoms with Crippen LogP contribution in [-0.4, -0.2) is 64.1 Å². The summed E-state index contributed by atoms with van der Waals surface area (Å²) in [6.45, 7) is 4.65. The number of nitrogens with zero attached hydrogens (tertiary/aromatic N) is 1. The molecule has 0 aliphatic heterocycles. The van der Waals surface area contributed by atoms with Crippen molar-refractivity contribution in [1.82, 2.24) is 0 Å². The molecule has 1 unspecified atom stereocenters. The molecule has 0 fully saturated rings. The first kappa shape index (κ1) is 53.0. The van der Waals surface area contributed by atoms with Gasteiger partial charge in [-0.15, -0.1) is 0 Å². The van der Waals surface area contributed by atoms with E-state index in [1.807, 2.05) is 27.2 Å². The van der Waals surface area contributed by atoms with E-state index in [2.05, 4.69) is 62.5 Å². The molecule has 0 saturated heterocycles. The minimum atomic E-state index is -4.55. The third kappa shape index (κ3) is 43.0. The van der Waals surface area contributed by atoms with E-state index in [0.29, 0.717) is 11.0 Å². The smallest absolute Gasteiger partial charge is 0.306 e. The first-order valence-corrected chi connectivity index (χ1v) is 23.5. The van der Waals surface area contributed by atoms with Crippen molar-refractivity contribution in [1.29, 1.82) is 0 Å². The molecule has 0 heterocycles. The molecule has 9 heteroatoms. The summed E-state index contributed by atoms with van der Waals surface area (Å²) in [6, 6.07) is 0. The Morgan fingerprint density at radius 1 is 0.582 bits per heavy atom. The van der Waals surface area contributed by atoms with Crippen LogP contribution in [0.15, 0.2) is 60.9 Å². The summed E-state index contributed by atoms with van der Waals surface area (Å²) < 4.78 is 34.3. The molecule has 2 atom stereocenters. The molecule has 0 radical (unpaired) electrons. The van der Waals surface area contributed by atoms with Crippen LogP contribution in [0.5, 0.6) is 0 Å². The molecular weight excluding hydrogens is 709 g/mol. The zero-order valence-corrected chi connectivity index (χ0v) is 37.0. The lowest BCUT2D eigenvalue weighted by Gasteiger charge is -2.28. The van der Waals surface area contributed by atoms with Gasteiger partial charge in [-0.2, -0.15) is 0 Å². The maximum Gasteiger partial charge on any atom is 0.306 e. The van der Waals surface area contributed by atoms with Crippen molar-refractivity contribution < 1.29 is 37.3 Å². The van der Waals surface area contributed by atoms with Gasteiger partial charge in [-0.05, 0) is 89.5 Å². The minimum absolute atomic E-state index is 0.00553. The number of allylic oxidation sites excluding steroid dienone is 9. The van der Waals surface area contributed by atoms with Crippen molar-refractivity contribution >= 4 is 13.8 Å². The van der Waals surface area contributed by atoms with E-state index in [1.165, 1.54) is 96.3 Å². The molecule has 0 amide bonds. The van der Waals surface area contributed by atoms with E-state index < -0.39 is 13.9 Å². The molecule has 0 aliphatic rings. The van der Waals surface area contributed by atoms with Crippen molar-refractivity contribution in [2.24, 2.45) is 0 Å². The standard InChI is InChI=1S/C46H84NO7P/c1-6-8-10-12-14-16-18-20-22-24-25-27-29-31-33-35-37-39-46(48)54-45(44-53-55(49,50)52-42-40-47(3,4)5)43-51-41-38-36-34-32-30-28-26-23-21-19-17-15-13-11-9-7-2/h14,16-17,19-20,22,25,27,38,41,45H,6-13,15,18,21,23-24,26,28-37,39-40,42-44H2,1-5H3/b16-14-,19-17-,22-20-,27-25-,41-38-/t45-/m1/s1. The number of rotatable bonds is 40. The van der Waals surface area contributed by atoms with Crippen LogP contribution in [0.3, 0.4) is 0 Å². The molecule has 0 saturated carbocycles. The number of hydrogen-bond acceptors (Lipinski definition) is 7. The Kier molecular flexibility index (Phi) is 37.5. The highest BCUT2D eigenvalue weighted by Crippen LogP contribution is 2.38. The fourth-order valence-corrected chi connectivity index (χ4v) is 6.36. The predicted molar refractivity (Wildman–Crippen MR) is 231 cm³/mol. The molecule has 0 N–H and O–H groups in total. The number of unbranched alkanes of at least 4 members (excludes halogenated alkanes) is 18. The van der Waals surface area contributed by atoms with E-state index in [0.717, 1.165) is 57.8 Å². The maximum atomic E-state index is 12.7. The summed E-state index contributed by atoms with van der Waals surface area (Å²) in [5.41, 5.74) is 0. The van der Waals surface area contributed by atoms with Crippen molar-refractivity contribution in [3.8, 4) is 0 Å². The SMILES string of the molecule is CCCCC/C=C\C/C=C\C/C=C\CCCCCCC(=O)O[C@H](CO/C=C\CCCCCCCC/C=C\CCCCCC)COP(=O)([O-])OCC[N+](C)(C)C. The first-order chi connectivity index (χ1) is 26.6. The van der Waals surface area contributed by atoms with Gasteiger partial charge in [-0.1, -0.05) is 133 Å². The van der Waals surface area contributed by atoms with Gasteiger partial charge in [0.1, 0.15) is 19.8 Å². The minimum Gasteiger partial charge on any atom is -0.756 e. The Morgan fingerprint density at radius 3 is 1.56 bits per heavy atom. The molecule has 320 valence electrons. The topological polar surface area (TPSA) is 94.1 Å². The van der Waals surface area contributed by atoms with E-state index in [-0.39, 0.29) is 32.2 Å². The second-order valence-corrected chi connectivity index (χ2v) is 17.2. The normalized spacial score (nSPS) is 14.3. The third-order valence-electron chi connectivity index (χ3n) is 9.11. The van der Waals surface area contributed by atoms with Gasteiger partial charge in [0.05, 0.1) is 34.0 Å². The number of phosphoric ester groups is 1. The molecule has 0 aliphatic carbocycles. The quantitative estimate of drug-likeness (QED) is 0.0152. The van der Waals surface area contributed by atoms with Crippen molar-refractivity contribution in [3.63, 3.8) is 0 Å². The Labute approximate surface area is 339 Å². The van der Waals surface area contributed by atoms with Crippen LogP contribution >= 0.6 is 7.82 Å². The molecule has 0 aromatic heterocycles. The summed E-state index contributed by atoms with van der Waals surface area (Å²) in [5.74, 6) is -0.381. The lowest BCUT2D eigenvalue weighted by molar-refractivity contribution is -0.870. The fourth-order valence-electron chi connectivity index (χ4n) is 5.63. The first-order valence-electron chi connectivity index (χ1n) is 22.1. The zero-order valence-electron chi connectivity index (χ0n) is 36.1. The second-order valence-electron chi connectivity index (χ2n) is 15.8. The van der Waals surface area contributed by atoms with Crippen LogP contribution in [0.1, 0.15) is 174 Å². The van der Waals surface area contributed by atoms with Crippen LogP contribution in [0.4, 0.5) is 0 Å². The molecule has 0 rings (SSSR count). The van der Waals surface area contributed by atoms with E-state index in [1.54, 1.807) is 6.26 Å². The second kappa shape index (κ2) is 38.9. The predicted octanol–water partition coefficient (Wildman–Crippen LogP) is 12.7. The fraction of sp³-hybridized carbons (Fsp3) is 0.761. The average Bonchev–Trinajstić information content (AvgIpc) is 3.13. The molecule has 8 nitrogen and oxygen atoms in total. The van der Waals surface area contributed by atoms with Crippen LogP contribution in [0, 0.1) is 0 Å². The number of phosphoric acid groups is 1. The van der Waals surface area contributed by atoms with Crippen molar-refractivity contribution in [2.75, 3.05) is 47.5 Å². The van der Waals surface area contributed by atoms with Crippen LogP contribution in [0.25, 0.3) is 0 Å². The summed E-state index contributed by atoms with van der Waals surface area (Å²) in [7, 11) is 1.30. The highest BCUT2D eigenvalue weighted by molar-refractivity contribution is 7.45. The monoisotopic (exact) mass is 794 g/mol. The number of carbonyl (C=O) groups is 1. The Bertz CT molecular complexity index is 1060. The van der Waals surface area contributed by atoms with Crippen LogP contribution in [-0.2, 0) is 27.9 Å². The largest absolute Gasteiger partial charge is 0.756 e. The number of ether oxygens (including phenoxy) is 2. The summed E-state index contributed by atoms with van der Waals surface area (Å²) in [6.07, 6.45) is 48.9. The van der Waals surface area contributed by atoms with E-state index in [9.17, 15) is 14.3 Å². The number of esters is 1. The van der Waals surface area contributed by atoms with Crippen molar-refractivity contribution in [2.45, 2.75) is 180 Å². The molecular formula is C46H84NO7P. The summed E-state index contributed by atoms with van der Waals surface area (Å²) in [5, 5.41) is 0. The van der Waals surface area contributed by atoms with E-state index >= 15 is 0 Å². The van der Waals surface area contributed by atoms with Gasteiger partial charge in [-0.3, -0.25) is 9.36 Å². The maximum absolute atomic E-state index is 12.7. The Balaban J connectivity index is 4.36. The molecule has 55 heavy (non-hydrogen) atoms. The van der Waals surface area contributed by atoms with Gasteiger partial charge in [-0.25, -0.2) is 0 Å². The Hall–Kier alpha value is -1.96. The molecule has 0 bridgehead atoms. The van der Waals surface area contributed by atoms with Gasteiger partial charge < -0.3 is 27.9 Å². The molecule has 0 spiro atoms. The third-order valence-corrected chi connectivity index (χ3v) is 10.1. The van der Waals surface area contributed by atoms with E-state index in [4.69, 9.17) is 18.5 Å². The van der Waals surface area contributed by atoms with Crippen LogP contribution in [0.2, 0.25) is 0 Å². The number of carbonyl (C=O) groups excluding carboxylic acids is 1. The summed E-state index contributed by atoms with van der Waals surface area (Å²) in [4.78, 5) is 25.0. The van der Waals surface area contributed by atoms with Gasteiger partial charge in [0.15, 0.2) is 6.10 Å². The van der Waals surface area contributed by atoms with Gasteiger partial charge in [0.25, 0.3) is 7.82 Å². The lowest BCUT2D eigenvalue weighted by Crippen LogP contribution is -2.37.